The van der Waals surface area contributed by atoms with Crippen LogP contribution in [0.25, 0.3) is 0 Å². The van der Waals surface area contributed by atoms with E-state index in [2.05, 4.69) is 15.9 Å². The van der Waals surface area contributed by atoms with E-state index in [1.807, 2.05) is 0 Å². The Morgan fingerprint density at radius 3 is 2.33 bits per heavy atom. The van der Waals surface area contributed by atoms with Crippen LogP contribution in [0, 0.1) is 0 Å². The molecule has 7 heteroatoms. The molecule has 0 aliphatic carbocycles. The zero-order chi connectivity index (χ0) is 13.9. The summed E-state index contributed by atoms with van der Waals surface area (Å²) < 4.78 is 62.4. The molecule has 0 unspecified atom stereocenters. The first-order valence-corrected chi connectivity index (χ1v) is 5.93. The van der Waals surface area contributed by atoms with Gasteiger partial charge in [0.05, 0.1) is 10.9 Å². The molecule has 0 fully saturated rings. The Morgan fingerprint density at radius 1 is 1.28 bits per heavy atom. The number of carbonyl (C=O) groups excluding carboxylic acids is 1. The van der Waals surface area contributed by atoms with Crippen molar-refractivity contribution in [3.8, 4) is 0 Å². The van der Waals surface area contributed by atoms with Gasteiger partial charge in [0.2, 0.25) is 0 Å². The number of hydrogen-bond acceptors (Lipinski definition) is 1. The molecule has 1 nitrogen and oxygen atoms in total. The highest BCUT2D eigenvalue weighted by atomic mass is 79.9. The first-order chi connectivity index (χ1) is 8.25. The summed E-state index contributed by atoms with van der Waals surface area (Å²) >= 11 is 2.86. The van der Waals surface area contributed by atoms with E-state index in [9.17, 15) is 26.7 Å². The third kappa shape index (κ3) is 3.76. The maximum Gasteiger partial charge on any atom is 0.416 e. The Bertz CT molecular complexity index is 442. The average molecular weight is 331 g/mol. The monoisotopic (exact) mass is 330 g/mol. The quantitative estimate of drug-likeness (QED) is 0.598. The first kappa shape index (κ1) is 15.1. The van der Waals surface area contributed by atoms with Crippen LogP contribution in [0.15, 0.2) is 18.2 Å². The summed E-state index contributed by atoms with van der Waals surface area (Å²) in [5, 5.41) is -0.0311. The average Bonchev–Trinajstić information content (AvgIpc) is 2.27. The second-order valence-corrected chi connectivity index (χ2v) is 4.12. The van der Waals surface area contributed by atoms with Crippen LogP contribution >= 0.6 is 15.9 Å². The largest absolute Gasteiger partial charge is 0.416 e. The van der Waals surface area contributed by atoms with E-state index in [-0.39, 0.29) is 23.1 Å². The number of hydrogen-bond donors (Lipinski definition) is 0. The van der Waals surface area contributed by atoms with Crippen molar-refractivity contribution in [2.45, 2.75) is 19.0 Å². The minimum Gasteiger partial charge on any atom is -0.298 e. The molecule has 0 spiro atoms. The number of rotatable bonds is 4. The van der Waals surface area contributed by atoms with Gasteiger partial charge >= 0.3 is 6.18 Å². The molecule has 1 aromatic carbocycles. The molecule has 0 aliphatic rings. The fraction of sp³-hybridized carbons (Fsp3) is 0.364. The van der Waals surface area contributed by atoms with Gasteiger partial charge in [-0.1, -0.05) is 22.0 Å². The molecule has 0 atom stereocenters. The molecular weight excluding hydrogens is 323 g/mol. The molecule has 1 rings (SSSR count). The van der Waals surface area contributed by atoms with Gasteiger partial charge in [-0.3, -0.25) is 4.79 Å². The number of carbonyl (C=O) groups is 1. The van der Waals surface area contributed by atoms with Crippen LogP contribution in [-0.4, -0.2) is 11.1 Å². The maximum absolute atomic E-state index is 12.7. The molecule has 0 bridgehead atoms. The molecule has 100 valence electrons. The molecular formula is C11H8BrF5O. The lowest BCUT2D eigenvalue weighted by molar-refractivity contribution is -0.137. The number of Topliss-reactive ketones (excluding diaryl/α,β-unsaturated/α-hetero) is 1. The summed E-state index contributed by atoms with van der Waals surface area (Å²) in [6.45, 7) is 0. The first-order valence-electron chi connectivity index (χ1n) is 4.81. The van der Waals surface area contributed by atoms with Crippen molar-refractivity contribution < 1.29 is 26.7 Å². The van der Waals surface area contributed by atoms with Crippen LogP contribution in [0.1, 0.15) is 23.1 Å². The highest BCUT2D eigenvalue weighted by molar-refractivity contribution is 9.09. The molecule has 0 N–H and O–H groups in total. The van der Waals surface area contributed by atoms with Gasteiger partial charge in [0, 0.05) is 12.0 Å². The van der Waals surface area contributed by atoms with Gasteiger partial charge in [0.1, 0.15) is 5.78 Å². The van der Waals surface area contributed by atoms with Crippen molar-refractivity contribution in [1.82, 2.24) is 0 Å². The Kier molecular flexibility index (Phi) is 4.84. The summed E-state index contributed by atoms with van der Waals surface area (Å²) in [7, 11) is 0. The minimum absolute atomic E-state index is 0.0311. The van der Waals surface area contributed by atoms with E-state index in [1.165, 1.54) is 0 Å². The normalized spacial score (nSPS) is 11.9. The zero-order valence-corrected chi connectivity index (χ0v) is 10.5. The fourth-order valence-electron chi connectivity index (χ4n) is 1.40. The van der Waals surface area contributed by atoms with Crippen LogP contribution in [0.2, 0.25) is 0 Å². The summed E-state index contributed by atoms with van der Waals surface area (Å²) in [4.78, 5) is 11.1. The van der Waals surface area contributed by atoms with E-state index in [1.54, 1.807) is 0 Å². The van der Waals surface area contributed by atoms with Crippen LogP contribution < -0.4 is 0 Å². The Balaban J connectivity index is 3.17. The number of benzene rings is 1. The number of alkyl halides is 6. The van der Waals surface area contributed by atoms with Gasteiger partial charge in [-0.25, -0.2) is 8.78 Å². The van der Waals surface area contributed by atoms with Crippen molar-refractivity contribution in [2.24, 2.45) is 0 Å². The SMILES string of the molecule is O=C(CBr)Cc1ccc(C(F)(F)F)cc1C(F)F. The van der Waals surface area contributed by atoms with E-state index in [0.717, 1.165) is 6.07 Å². The van der Waals surface area contributed by atoms with Gasteiger partial charge in [0.15, 0.2) is 0 Å². The van der Waals surface area contributed by atoms with Gasteiger partial charge in [-0.05, 0) is 17.7 Å². The lowest BCUT2D eigenvalue weighted by Crippen LogP contribution is -2.10. The van der Waals surface area contributed by atoms with Crippen LogP contribution in [0.5, 0.6) is 0 Å². The molecule has 0 radical (unpaired) electrons. The van der Waals surface area contributed by atoms with Crippen LogP contribution in [0.3, 0.4) is 0 Å². The molecule has 0 saturated heterocycles. The van der Waals surface area contributed by atoms with Crippen molar-refractivity contribution in [1.29, 1.82) is 0 Å². The summed E-state index contributed by atoms with van der Waals surface area (Å²) in [5.74, 6) is -0.378. The smallest absolute Gasteiger partial charge is 0.298 e. The molecule has 18 heavy (non-hydrogen) atoms. The molecule has 0 saturated carbocycles. The van der Waals surface area contributed by atoms with Gasteiger partial charge in [-0.15, -0.1) is 0 Å². The third-order valence-electron chi connectivity index (χ3n) is 2.24. The van der Waals surface area contributed by atoms with Crippen LogP contribution in [0.4, 0.5) is 22.0 Å². The lowest BCUT2D eigenvalue weighted by Gasteiger charge is -2.12. The fourth-order valence-corrected chi connectivity index (χ4v) is 1.59. The van der Waals surface area contributed by atoms with E-state index in [0.29, 0.717) is 12.1 Å². The maximum atomic E-state index is 12.7. The Hall–Kier alpha value is -0.980. The Morgan fingerprint density at radius 2 is 1.89 bits per heavy atom. The molecule has 0 aromatic heterocycles. The van der Waals surface area contributed by atoms with Crippen molar-refractivity contribution >= 4 is 21.7 Å². The molecule has 1 aromatic rings. The minimum atomic E-state index is -4.68. The summed E-state index contributed by atoms with van der Waals surface area (Å²) in [5.41, 5.74) is -1.98. The van der Waals surface area contributed by atoms with Crippen LogP contribution in [-0.2, 0) is 17.4 Å². The van der Waals surface area contributed by atoms with Crippen molar-refractivity contribution in [3.05, 3.63) is 34.9 Å². The van der Waals surface area contributed by atoms with Gasteiger partial charge in [0.25, 0.3) is 6.43 Å². The second kappa shape index (κ2) is 5.77. The Labute approximate surface area is 108 Å². The highest BCUT2D eigenvalue weighted by Crippen LogP contribution is 2.33. The lowest BCUT2D eigenvalue weighted by atomic mass is 10.00. The van der Waals surface area contributed by atoms with E-state index < -0.39 is 23.7 Å². The van der Waals surface area contributed by atoms with E-state index >= 15 is 0 Å². The summed E-state index contributed by atoms with van der Waals surface area (Å²) in [6.07, 6.45) is -8.05. The zero-order valence-electron chi connectivity index (χ0n) is 8.90. The molecule has 0 heterocycles. The van der Waals surface area contributed by atoms with Crippen molar-refractivity contribution in [2.75, 3.05) is 5.33 Å². The predicted octanol–water partition coefficient (Wildman–Crippen LogP) is 4.15. The van der Waals surface area contributed by atoms with Gasteiger partial charge < -0.3 is 0 Å². The van der Waals surface area contributed by atoms with Gasteiger partial charge in [-0.2, -0.15) is 13.2 Å². The predicted molar refractivity (Wildman–Crippen MR) is 58.9 cm³/mol. The topological polar surface area (TPSA) is 17.1 Å². The highest BCUT2D eigenvalue weighted by Gasteiger charge is 2.32. The molecule has 0 amide bonds. The number of halogens is 6. The third-order valence-corrected chi connectivity index (χ3v) is 2.87. The van der Waals surface area contributed by atoms with Crippen molar-refractivity contribution in [3.63, 3.8) is 0 Å². The second-order valence-electron chi connectivity index (χ2n) is 3.56. The molecule has 0 aliphatic heterocycles. The summed E-state index contributed by atoms with van der Waals surface area (Å²) in [6, 6.07) is 2.01. The standard InChI is InChI=1S/C11H8BrF5O/c12-5-8(18)3-6-1-2-7(11(15,16)17)4-9(6)10(13)14/h1-2,4,10H,3,5H2. The number of ketones is 1. The van der Waals surface area contributed by atoms with E-state index in [4.69, 9.17) is 0 Å².